The Morgan fingerprint density at radius 3 is 2.42 bits per heavy atom. The maximum Gasteiger partial charge on any atom is 0.185 e. The van der Waals surface area contributed by atoms with Crippen molar-refractivity contribution in [1.82, 2.24) is 0 Å². The highest BCUT2D eigenvalue weighted by Crippen LogP contribution is 2.27. The number of hydrogen-bond donors (Lipinski definition) is 0. The number of benzene rings is 2. The van der Waals surface area contributed by atoms with E-state index in [1.165, 1.54) is 24.3 Å². The Labute approximate surface area is 124 Å². The van der Waals surface area contributed by atoms with Gasteiger partial charge in [0.05, 0.1) is 0 Å². The van der Waals surface area contributed by atoms with Crippen molar-refractivity contribution in [2.45, 2.75) is 12.3 Å². The molecule has 0 saturated heterocycles. The Morgan fingerprint density at radius 1 is 1.21 bits per heavy atom. The van der Waals surface area contributed by atoms with Gasteiger partial charge in [0.1, 0.15) is 11.2 Å². The molecule has 0 aliphatic carbocycles. The molecule has 2 aromatic carbocycles. The maximum atomic E-state index is 12.8. The van der Waals surface area contributed by atoms with Crippen molar-refractivity contribution in [3.8, 4) is 0 Å². The summed E-state index contributed by atoms with van der Waals surface area (Å²) < 4.78 is 13.8. The van der Waals surface area contributed by atoms with Crippen molar-refractivity contribution in [2.75, 3.05) is 0 Å². The molecule has 0 amide bonds. The predicted molar refractivity (Wildman–Crippen MR) is 78.2 cm³/mol. The number of Topliss-reactive ketones (excluding diaryl/α,β-unsaturated/α-hetero) is 1. The van der Waals surface area contributed by atoms with E-state index in [2.05, 4.69) is 15.9 Å². The first-order valence-corrected chi connectivity index (χ1v) is 6.92. The van der Waals surface area contributed by atoms with Gasteiger partial charge in [-0.3, -0.25) is 4.79 Å². The minimum Gasteiger partial charge on any atom is -0.292 e. The molecule has 0 N–H and O–H groups in total. The molecule has 2 rings (SSSR count). The molecule has 0 radical (unpaired) electrons. The van der Waals surface area contributed by atoms with Gasteiger partial charge in [-0.2, -0.15) is 0 Å². The van der Waals surface area contributed by atoms with Crippen LogP contribution in [0.5, 0.6) is 0 Å². The largest absolute Gasteiger partial charge is 0.292 e. The molecule has 4 heteroatoms. The third kappa shape index (κ3) is 3.23. The zero-order valence-electron chi connectivity index (χ0n) is 10.2. The van der Waals surface area contributed by atoms with Gasteiger partial charge in [-0.05, 0) is 42.3 Å². The van der Waals surface area contributed by atoms with Crippen molar-refractivity contribution in [2.24, 2.45) is 0 Å². The van der Waals surface area contributed by atoms with Crippen molar-refractivity contribution >= 4 is 33.3 Å². The molecule has 0 spiro atoms. The summed E-state index contributed by atoms with van der Waals surface area (Å²) in [6, 6.07) is 11.0. The molecular weight excluding hydrogens is 331 g/mol. The zero-order chi connectivity index (χ0) is 14.0. The number of alkyl halides is 1. The number of halogens is 3. The summed E-state index contributed by atoms with van der Waals surface area (Å²) in [5.41, 5.74) is 2.10. The summed E-state index contributed by atoms with van der Waals surface area (Å²) >= 11 is 9.53. The van der Waals surface area contributed by atoms with E-state index < -0.39 is 5.38 Å². The van der Waals surface area contributed by atoms with E-state index in [-0.39, 0.29) is 11.6 Å². The highest BCUT2D eigenvalue weighted by molar-refractivity contribution is 9.10. The Kier molecular flexibility index (Phi) is 4.38. The second-order valence-electron chi connectivity index (χ2n) is 4.24. The molecule has 0 heterocycles. The van der Waals surface area contributed by atoms with Gasteiger partial charge in [0.15, 0.2) is 5.78 Å². The van der Waals surface area contributed by atoms with Crippen LogP contribution in [0.15, 0.2) is 46.9 Å². The first-order valence-electron chi connectivity index (χ1n) is 5.69. The lowest BCUT2D eigenvalue weighted by atomic mass is 10.0. The Hall–Kier alpha value is -1.19. The summed E-state index contributed by atoms with van der Waals surface area (Å²) in [5, 5.41) is -0.804. The predicted octanol–water partition coefficient (Wildman–Crippen LogP) is 5.06. The van der Waals surface area contributed by atoms with E-state index in [0.29, 0.717) is 11.1 Å². The molecular formula is C15H11BrClFO. The molecule has 0 fully saturated rings. The van der Waals surface area contributed by atoms with Crippen LogP contribution >= 0.6 is 27.5 Å². The summed E-state index contributed by atoms with van der Waals surface area (Å²) in [6.45, 7) is 1.90. The zero-order valence-corrected chi connectivity index (χ0v) is 12.5. The van der Waals surface area contributed by atoms with E-state index >= 15 is 0 Å². The third-order valence-corrected chi connectivity index (χ3v) is 4.18. The normalized spacial score (nSPS) is 12.2. The van der Waals surface area contributed by atoms with Gasteiger partial charge < -0.3 is 0 Å². The van der Waals surface area contributed by atoms with E-state index in [4.69, 9.17) is 11.6 Å². The molecule has 19 heavy (non-hydrogen) atoms. The lowest BCUT2D eigenvalue weighted by molar-refractivity contribution is 0.0987. The minimum absolute atomic E-state index is 0.191. The molecule has 1 nitrogen and oxygen atoms in total. The molecule has 1 unspecified atom stereocenters. The Morgan fingerprint density at radius 2 is 1.84 bits per heavy atom. The molecule has 0 bridgehead atoms. The minimum atomic E-state index is -0.804. The highest BCUT2D eigenvalue weighted by Gasteiger charge is 2.19. The van der Waals surface area contributed by atoms with Gasteiger partial charge in [0.25, 0.3) is 0 Å². The van der Waals surface area contributed by atoms with Crippen LogP contribution < -0.4 is 0 Å². The summed E-state index contributed by atoms with van der Waals surface area (Å²) in [7, 11) is 0. The summed E-state index contributed by atoms with van der Waals surface area (Å²) in [5.74, 6) is -0.538. The number of aryl methyl sites for hydroxylation is 1. The van der Waals surface area contributed by atoms with Crippen LogP contribution in [-0.4, -0.2) is 5.78 Å². The van der Waals surface area contributed by atoms with Gasteiger partial charge in [0, 0.05) is 10.0 Å². The number of ketones is 1. The summed E-state index contributed by atoms with van der Waals surface area (Å²) in [6.07, 6.45) is 0. The monoisotopic (exact) mass is 340 g/mol. The summed E-state index contributed by atoms with van der Waals surface area (Å²) in [4.78, 5) is 12.3. The second kappa shape index (κ2) is 5.85. The van der Waals surface area contributed by atoms with Gasteiger partial charge >= 0.3 is 0 Å². The van der Waals surface area contributed by atoms with E-state index in [0.717, 1.165) is 10.0 Å². The number of hydrogen-bond acceptors (Lipinski definition) is 1. The molecule has 0 aliphatic heterocycles. The second-order valence-corrected chi connectivity index (χ2v) is 5.53. The van der Waals surface area contributed by atoms with E-state index in [9.17, 15) is 9.18 Å². The molecule has 0 saturated carbocycles. The van der Waals surface area contributed by atoms with Crippen LogP contribution in [0.25, 0.3) is 0 Å². The van der Waals surface area contributed by atoms with E-state index in [1.807, 2.05) is 13.0 Å². The van der Waals surface area contributed by atoms with Crippen LogP contribution in [0, 0.1) is 12.7 Å². The fraction of sp³-hybridized carbons (Fsp3) is 0.133. The van der Waals surface area contributed by atoms with Gasteiger partial charge in [-0.15, -0.1) is 11.6 Å². The lowest BCUT2D eigenvalue weighted by Crippen LogP contribution is -2.07. The first-order chi connectivity index (χ1) is 8.99. The van der Waals surface area contributed by atoms with E-state index in [1.54, 1.807) is 12.1 Å². The van der Waals surface area contributed by atoms with Crippen molar-refractivity contribution < 1.29 is 9.18 Å². The lowest BCUT2D eigenvalue weighted by Gasteiger charge is -2.10. The van der Waals surface area contributed by atoms with Gasteiger partial charge in [0.2, 0.25) is 0 Å². The first kappa shape index (κ1) is 14.2. The fourth-order valence-electron chi connectivity index (χ4n) is 1.73. The molecule has 1 atom stereocenters. The smallest absolute Gasteiger partial charge is 0.185 e. The number of carbonyl (C=O) groups is 1. The van der Waals surface area contributed by atoms with Gasteiger partial charge in [-0.25, -0.2) is 4.39 Å². The van der Waals surface area contributed by atoms with Crippen molar-refractivity contribution in [3.63, 3.8) is 0 Å². The standard InChI is InChI=1S/C15H11BrClFO/c1-9-8-11(4-7-13(9)16)15(19)14(17)10-2-5-12(18)6-3-10/h2-8,14H,1H3. The van der Waals surface area contributed by atoms with Crippen LogP contribution in [0.2, 0.25) is 0 Å². The van der Waals surface area contributed by atoms with Crippen LogP contribution in [0.3, 0.4) is 0 Å². The fourth-order valence-corrected chi connectivity index (χ4v) is 2.25. The molecule has 0 aromatic heterocycles. The van der Waals surface area contributed by atoms with Crippen molar-refractivity contribution in [3.05, 3.63) is 69.4 Å². The van der Waals surface area contributed by atoms with Crippen LogP contribution in [0.4, 0.5) is 4.39 Å². The molecule has 0 aliphatic rings. The number of rotatable bonds is 3. The van der Waals surface area contributed by atoms with Crippen LogP contribution in [-0.2, 0) is 0 Å². The van der Waals surface area contributed by atoms with Gasteiger partial charge in [-0.1, -0.05) is 34.1 Å². The third-order valence-electron chi connectivity index (χ3n) is 2.84. The Bertz CT molecular complexity index is 610. The average molecular weight is 342 g/mol. The van der Waals surface area contributed by atoms with Crippen LogP contribution in [0.1, 0.15) is 26.9 Å². The van der Waals surface area contributed by atoms with Crippen molar-refractivity contribution in [1.29, 1.82) is 0 Å². The SMILES string of the molecule is Cc1cc(C(=O)C(Cl)c2ccc(F)cc2)ccc1Br. The molecule has 98 valence electrons. The average Bonchev–Trinajstić information content (AvgIpc) is 2.41. The quantitative estimate of drug-likeness (QED) is 0.563. The maximum absolute atomic E-state index is 12.8. The Balaban J connectivity index is 2.28. The number of carbonyl (C=O) groups excluding carboxylic acids is 1. The molecule has 2 aromatic rings. The highest BCUT2D eigenvalue weighted by atomic mass is 79.9. The topological polar surface area (TPSA) is 17.1 Å².